The fourth-order valence-corrected chi connectivity index (χ4v) is 3.63. The molecule has 130 valence electrons. The van der Waals surface area contributed by atoms with Crippen LogP contribution in [-0.2, 0) is 21.8 Å². The van der Waals surface area contributed by atoms with Crippen molar-refractivity contribution in [3.8, 4) is 0 Å². The van der Waals surface area contributed by atoms with E-state index in [1.807, 2.05) is 48.0 Å². The molecule has 1 fully saturated rings. The second-order valence-corrected chi connectivity index (χ2v) is 6.79. The van der Waals surface area contributed by atoms with Crippen molar-refractivity contribution in [2.24, 2.45) is 0 Å². The highest BCUT2D eigenvalue weighted by molar-refractivity contribution is 5.83. The minimum absolute atomic E-state index is 0.0243. The highest BCUT2D eigenvalue weighted by Crippen LogP contribution is 2.37. The molecule has 2 heterocycles. The van der Waals surface area contributed by atoms with Crippen molar-refractivity contribution in [3.05, 3.63) is 72.3 Å². The number of aromatic nitrogens is 3. The average Bonchev–Trinajstić information content (AvgIpc) is 3.26. The first-order valence-corrected chi connectivity index (χ1v) is 8.83. The van der Waals surface area contributed by atoms with Crippen molar-refractivity contribution in [1.82, 2.24) is 15.0 Å². The zero-order valence-electron chi connectivity index (χ0n) is 14.5. The summed E-state index contributed by atoms with van der Waals surface area (Å²) in [5, 5.41) is 10.9. The van der Waals surface area contributed by atoms with Gasteiger partial charge in [-0.1, -0.05) is 53.7 Å². The topological polar surface area (TPSA) is 49.2 Å². The normalized spacial score (nSPS) is 23.0. The third-order valence-electron chi connectivity index (χ3n) is 4.91. The number of hydrogen-bond acceptors (Lipinski definition) is 4. The van der Waals surface area contributed by atoms with Gasteiger partial charge in [-0.05, 0) is 35.9 Å². The van der Waals surface area contributed by atoms with Gasteiger partial charge in [0.25, 0.3) is 0 Å². The minimum Gasteiger partial charge on any atom is -0.342 e. The van der Waals surface area contributed by atoms with Crippen LogP contribution in [-0.4, -0.2) is 27.7 Å². The molecule has 3 aromatic carbocycles. The molecule has 0 aliphatic carbocycles. The molecule has 0 N–H and O–H groups in total. The molecule has 0 saturated carbocycles. The lowest BCUT2D eigenvalue weighted by Crippen LogP contribution is -2.34. The van der Waals surface area contributed by atoms with Crippen LogP contribution >= 0.6 is 0 Å². The van der Waals surface area contributed by atoms with Gasteiger partial charge in [-0.3, -0.25) is 0 Å². The van der Waals surface area contributed by atoms with Gasteiger partial charge < -0.3 is 9.47 Å². The lowest BCUT2D eigenvalue weighted by Gasteiger charge is -2.28. The highest BCUT2D eigenvalue weighted by atomic mass is 16.7. The van der Waals surface area contributed by atoms with Gasteiger partial charge in [0, 0.05) is 5.56 Å². The lowest BCUT2D eigenvalue weighted by atomic mass is 10.0. The quantitative estimate of drug-likeness (QED) is 0.565. The van der Waals surface area contributed by atoms with Crippen LogP contribution in [0.2, 0.25) is 0 Å². The van der Waals surface area contributed by atoms with Gasteiger partial charge in [0.2, 0.25) is 5.79 Å². The standard InChI is InChI=1S/C21H19N3O2/c1-15-13-25-21(26-15,14-24-20-9-5-4-8-19(20)22-23-24)18-11-10-16-6-2-3-7-17(16)12-18/h2-12,15H,13-14H2,1H3. The monoisotopic (exact) mass is 345 g/mol. The van der Waals surface area contributed by atoms with Crippen molar-refractivity contribution in [3.63, 3.8) is 0 Å². The van der Waals surface area contributed by atoms with Gasteiger partial charge in [-0.15, -0.1) is 5.10 Å². The number of hydrogen-bond donors (Lipinski definition) is 0. The molecule has 0 bridgehead atoms. The predicted octanol–water partition coefficient (Wildman–Crippen LogP) is 3.87. The molecule has 0 radical (unpaired) electrons. The van der Waals surface area contributed by atoms with Crippen molar-refractivity contribution in [2.45, 2.75) is 25.4 Å². The predicted molar refractivity (Wildman–Crippen MR) is 99.7 cm³/mol. The molecule has 0 amide bonds. The first-order chi connectivity index (χ1) is 12.7. The SMILES string of the molecule is CC1COC(Cn2nnc3ccccc32)(c2ccc3ccccc3c2)O1. The summed E-state index contributed by atoms with van der Waals surface area (Å²) in [6, 6.07) is 22.6. The van der Waals surface area contributed by atoms with E-state index in [-0.39, 0.29) is 6.10 Å². The Labute approximate surface area is 151 Å². The first kappa shape index (κ1) is 15.5. The molecule has 1 aliphatic rings. The van der Waals surface area contributed by atoms with Crippen LogP contribution in [0.4, 0.5) is 0 Å². The van der Waals surface area contributed by atoms with Crippen LogP contribution in [0.15, 0.2) is 66.7 Å². The molecule has 5 nitrogen and oxygen atoms in total. The Bertz CT molecular complexity index is 1090. The van der Waals surface area contributed by atoms with E-state index in [9.17, 15) is 0 Å². The Morgan fingerprint density at radius 3 is 2.69 bits per heavy atom. The highest BCUT2D eigenvalue weighted by Gasteiger charge is 2.43. The van der Waals surface area contributed by atoms with Crippen LogP contribution < -0.4 is 0 Å². The summed E-state index contributed by atoms with van der Waals surface area (Å²) in [5.41, 5.74) is 2.84. The molecule has 0 spiro atoms. The van der Waals surface area contributed by atoms with Crippen LogP contribution in [0, 0.1) is 0 Å². The zero-order chi connectivity index (χ0) is 17.6. The van der Waals surface area contributed by atoms with Crippen molar-refractivity contribution >= 4 is 21.8 Å². The second-order valence-electron chi connectivity index (χ2n) is 6.79. The third-order valence-corrected chi connectivity index (χ3v) is 4.91. The zero-order valence-corrected chi connectivity index (χ0v) is 14.5. The number of fused-ring (bicyclic) bond motifs is 2. The van der Waals surface area contributed by atoms with E-state index in [4.69, 9.17) is 9.47 Å². The van der Waals surface area contributed by atoms with Crippen LogP contribution in [0.5, 0.6) is 0 Å². The van der Waals surface area contributed by atoms with Gasteiger partial charge >= 0.3 is 0 Å². The Hall–Kier alpha value is -2.76. The summed E-state index contributed by atoms with van der Waals surface area (Å²) in [6.07, 6.45) is 0.0243. The van der Waals surface area contributed by atoms with Crippen molar-refractivity contribution < 1.29 is 9.47 Å². The average molecular weight is 345 g/mol. The van der Waals surface area contributed by atoms with Gasteiger partial charge in [-0.25, -0.2) is 4.68 Å². The van der Waals surface area contributed by atoms with E-state index < -0.39 is 5.79 Å². The largest absolute Gasteiger partial charge is 0.342 e. The Kier molecular flexibility index (Phi) is 3.51. The summed E-state index contributed by atoms with van der Waals surface area (Å²) in [6.45, 7) is 3.04. The third kappa shape index (κ3) is 2.48. The summed E-state index contributed by atoms with van der Waals surface area (Å²) < 4.78 is 14.4. The molecule has 26 heavy (non-hydrogen) atoms. The van der Waals surface area contributed by atoms with Crippen LogP contribution in [0.3, 0.4) is 0 Å². The number of rotatable bonds is 3. The smallest absolute Gasteiger partial charge is 0.215 e. The summed E-state index contributed by atoms with van der Waals surface area (Å²) in [7, 11) is 0. The molecule has 2 atom stereocenters. The molecule has 1 aromatic heterocycles. The number of ether oxygens (including phenoxy) is 2. The summed E-state index contributed by atoms with van der Waals surface area (Å²) in [5.74, 6) is -0.861. The van der Waals surface area contributed by atoms with Crippen LogP contribution in [0.1, 0.15) is 12.5 Å². The maximum atomic E-state index is 6.30. The maximum absolute atomic E-state index is 6.30. The van der Waals surface area contributed by atoms with E-state index in [0.29, 0.717) is 13.2 Å². The van der Waals surface area contributed by atoms with Gasteiger partial charge in [0.1, 0.15) is 12.1 Å². The molecule has 1 aliphatic heterocycles. The first-order valence-electron chi connectivity index (χ1n) is 8.83. The molecular weight excluding hydrogens is 326 g/mol. The van der Waals surface area contributed by atoms with E-state index in [1.54, 1.807) is 0 Å². The molecule has 5 heteroatoms. The minimum atomic E-state index is -0.861. The van der Waals surface area contributed by atoms with Crippen LogP contribution in [0.25, 0.3) is 21.8 Å². The molecule has 2 unspecified atom stereocenters. The molecular formula is C21H19N3O2. The molecule has 1 saturated heterocycles. The van der Waals surface area contributed by atoms with Gasteiger partial charge in [0.15, 0.2) is 0 Å². The van der Waals surface area contributed by atoms with E-state index in [2.05, 4.69) is 40.6 Å². The van der Waals surface area contributed by atoms with E-state index in [0.717, 1.165) is 16.6 Å². The van der Waals surface area contributed by atoms with Gasteiger partial charge in [-0.2, -0.15) is 0 Å². The summed E-state index contributed by atoms with van der Waals surface area (Å²) in [4.78, 5) is 0. The van der Waals surface area contributed by atoms with E-state index >= 15 is 0 Å². The van der Waals surface area contributed by atoms with Crippen molar-refractivity contribution in [1.29, 1.82) is 0 Å². The van der Waals surface area contributed by atoms with Crippen molar-refractivity contribution in [2.75, 3.05) is 6.61 Å². The Balaban J connectivity index is 1.61. The molecule has 5 rings (SSSR count). The lowest BCUT2D eigenvalue weighted by molar-refractivity contribution is -0.186. The van der Waals surface area contributed by atoms with Gasteiger partial charge in [0.05, 0.1) is 18.2 Å². The Morgan fingerprint density at radius 2 is 1.85 bits per heavy atom. The number of nitrogens with zero attached hydrogens (tertiary/aromatic N) is 3. The summed E-state index contributed by atoms with van der Waals surface area (Å²) >= 11 is 0. The fourth-order valence-electron chi connectivity index (χ4n) is 3.63. The van der Waals surface area contributed by atoms with E-state index in [1.165, 1.54) is 10.8 Å². The Morgan fingerprint density at radius 1 is 1.04 bits per heavy atom. The maximum Gasteiger partial charge on any atom is 0.215 e. The molecule has 4 aromatic rings. The second kappa shape index (κ2) is 5.90. The number of para-hydroxylation sites is 1. The number of benzene rings is 3. The fraction of sp³-hybridized carbons (Fsp3) is 0.238.